The highest BCUT2D eigenvalue weighted by atomic mass is 35.5. The van der Waals surface area contributed by atoms with Crippen molar-refractivity contribution < 1.29 is 15.0 Å². The molecule has 1 heterocycles. The zero-order valence-corrected chi connectivity index (χ0v) is 9.10. The highest BCUT2D eigenvalue weighted by Crippen LogP contribution is 2.35. The van der Waals surface area contributed by atoms with Gasteiger partial charge >= 0.3 is 5.97 Å². The van der Waals surface area contributed by atoms with E-state index < -0.39 is 5.97 Å². The summed E-state index contributed by atoms with van der Waals surface area (Å²) in [6, 6.07) is 4.86. The Morgan fingerprint density at radius 2 is 2.13 bits per heavy atom. The summed E-state index contributed by atoms with van der Waals surface area (Å²) in [4.78, 5) is 10.5. The van der Waals surface area contributed by atoms with Crippen molar-refractivity contribution in [1.82, 2.24) is 0 Å². The van der Waals surface area contributed by atoms with Gasteiger partial charge in [0, 0.05) is 10.1 Å². The molecule has 0 aliphatic heterocycles. The van der Waals surface area contributed by atoms with Crippen LogP contribution in [0.5, 0.6) is 5.75 Å². The zero-order chi connectivity index (χ0) is 11.0. The summed E-state index contributed by atoms with van der Waals surface area (Å²) in [7, 11) is 0. The number of carboxylic acids is 1. The van der Waals surface area contributed by atoms with E-state index in [4.69, 9.17) is 16.7 Å². The van der Waals surface area contributed by atoms with Crippen molar-refractivity contribution >= 4 is 39.0 Å². The van der Waals surface area contributed by atoms with Gasteiger partial charge in [-0.2, -0.15) is 0 Å². The highest BCUT2D eigenvalue weighted by molar-refractivity contribution is 7.22. The third-order valence-electron chi connectivity index (χ3n) is 2.00. The van der Waals surface area contributed by atoms with Crippen molar-refractivity contribution in [3.8, 4) is 5.75 Å². The third-order valence-corrected chi connectivity index (χ3v) is 3.21. The normalized spacial score (nSPS) is 10.7. The molecule has 2 aromatic rings. The summed E-state index contributed by atoms with van der Waals surface area (Å²) in [5.74, 6) is -0.844. The van der Waals surface area contributed by atoms with Crippen LogP contribution >= 0.6 is 22.9 Å². The number of aliphatic carboxylic acids is 1. The molecule has 3 nitrogen and oxygen atoms in total. The van der Waals surface area contributed by atoms with Crippen LogP contribution in [0.25, 0.3) is 10.1 Å². The van der Waals surface area contributed by atoms with Crippen molar-refractivity contribution in [1.29, 1.82) is 0 Å². The first-order chi connectivity index (χ1) is 7.06. The van der Waals surface area contributed by atoms with Gasteiger partial charge in [-0.15, -0.1) is 11.3 Å². The predicted molar refractivity (Wildman–Crippen MR) is 59.8 cm³/mol. The molecule has 5 heteroatoms. The molecule has 78 valence electrons. The van der Waals surface area contributed by atoms with Crippen LogP contribution in [-0.2, 0) is 11.2 Å². The van der Waals surface area contributed by atoms with Gasteiger partial charge < -0.3 is 10.2 Å². The van der Waals surface area contributed by atoms with Crippen molar-refractivity contribution in [2.45, 2.75) is 6.42 Å². The summed E-state index contributed by atoms with van der Waals surface area (Å²) in [5, 5.41) is 18.9. The van der Waals surface area contributed by atoms with Crippen LogP contribution < -0.4 is 0 Å². The Hall–Kier alpha value is -1.26. The minimum absolute atomic E-state index is 0.0758. The Morgan fingerprint density at radius 3 is 2.80 bits per heavy atom. The van der Waals surface area contributed by atoms with Gasteiger partial charge in [-0.1, -0.05) is 11.6 Å². The van der Waals surface area contributed by atoms with E-state index in [-0.39, 0.29) is 12.2 Å². The molecule has 1 aromatic heterocycles. The molecule has 0 aliphatic rings. The molecule has 0 bridgehead atoms. The first-order valence-electron chi connectivity index (χ1n) is 4.19. The number of hydrogen-bond acceptors (Lipinski definition) is 3. The molecule has 0 fully saturated rings. The lowest BCUT2D eigenvalue weighted by molar-refractivity contribution is -0.136. The fourth-order valence-electron chi connectivity index (χ4n) is 1.42. The summed E-state index contributed by atoms with van der Waals surface area (Å²) in [5.41, 5.74) is 0.575. The van der Waals surface area contributed by atoms with Gasteiger partial charge in [0.05, 0.1) is 10.8 Å². The fraction of sp³-hybridized carbons (Fsp3) is 0.100. The Labute approximate surface area is 94.5 Å². The van der Waals surface area contributed by atoms with Crippen LogP contribution in [0.2, 0.25) is 4.34 Å². The molecule has 0 aliphatic carbocycles. The maximum Gasteiger partial charge on any atom is 0.307 e. The summed E-state index contributed by atoms with van der Waals surface area (Å²) >= 11 is 7.12. The topological polar surface area (TPSA) is 57.5 Å². The van der Waals surface area contributed by atoms with Crippen LogP contribution in [0.4, 0.5) is 0 Å². The van der Waals surface area contributed by atoms with E-state index in [1.165, 1.54) is 17.4 Å². The molecule has 2 rings (SSSR count). The molecule has 15 heavy (non-hydrogen) atoms. The van der Waals surface area contributed by atoms with Gasteiger partial charge in [0.1, 0.15) is 5.75 Å². The molecule has 0 spiro atoms. The van der Waals surface area contributed by atoms with Crippen LogP contribution in [0.1, 0.15) is 5.56 Å². The molecule has 0 amide bonds. The molecule has 0 radical (unpaired) electrons. The molecule has 0 saturated heterocycles. The van der Waals surface area contributed by atoms with Crippen LogP contribution in [0, 0.1) is 0 Å². The smallest absolute Gasteiger partial charge is 0.307 e. The fourth-order valence-corrected chi connectivity index (χ4v) is 2.65. The standard InChI is InChI=1S/C10H7ClO3S/c11-9-4-6-7(12)1-5(3-10(13)14)2-8(6)15-9/h1-2,4,12H,3H2,(H,13,14). The Balaban J connectivity index is 2.56. The Bertz CT molecular complexity index is 533. The first kappa shape index (κ1) is 10.3. The van der Waals surface area contributed by atoms with E-state index in [1.54, 1.807) is 12.1 Å². The number of hydrogen-bond donors (Lipinski definition) is 2. The maximum atomic E-state index is 10.5. The van der Waals surface area contributed by atoms with Crippen LogP contribution in [-0.4, -0.2) is 16.2 Å². The summed E-state index contributed by atoms with van der Waals surface area (Å²) in [6.45, 7) is 0. The number of carboxylic acid groups (broad SMARTS) is 1. The number of rotatable bonds is 2. The van der Waals surface area contributed by atoms with Gasteiger partial charge in [-0.3, -0.25) is 4.79 Å². The molecule has 0 saturated carbocycles. The molecule has 1 aromatic carbocycles. The second-order valence-corrected chi connectivity index (χ2v) is 4.86. The van der Waals surface area contributed by atoms with Gasteiger partial charge in [-0.05, 0) is 23.8 Å². The lowest BCUT2D eigenvalue weighted by atomic mass is 10.1. The van der Waals surface area contributed by atoms with Gasteiger partial charge in [0.2, 0.25) is 0 Å². The Morgan fingerprint density at radius 1 is 1.40 bits per heavy atom. The second-order valence-electron chi connectivity index (χ2n) is 3.15. The maximum absolute atomic E-state index is 10.5. The number of carbonyl (C=O) groups is 1. The molecular weight excluding hydrogens is 236 g/mol. The van der Waals surface area contributed by atoms with Gasteiger partial charge in [0.15, 0.2) is 0 Å². The second kappa shape index (κ2) is 3.72. The van der Waals surface area contributed by atoms with Crippen molar-refractivity contribution in [3.05, 3.63) is 28.1 Å². The molecule has 2 N–H and O–H groups in total. The van der Waals surface area contributed by atoms with Crippen LogP contribution in [0.15, 0.2) is 18.2 Å². The molecule has 0 unspecified atom stereocenters. The predicted octanol–water partition coefficient (Wildman–Crippen LogP) is 2.89. The number of aromatic hydroxyl groups is 1. The zero-order valence-electron chi connectivity index (χ0n) is 7.53. The van der Waals surface area contributed by atoms with Gasteiger partial charge in [-0.25, -0.2) is 0 Å². The van der Waals surface area contributed by atoms with Gasteiger partial charge in [0.25, 0.3) is 0 Å². The largest absolute Gasteiger partial charge is 0.507 e. The number of thiophene rings is 1. The van der Waals surface area contributed by atoms with Crippen molar-refractivity contribution in [3.63, 3.8) is 0 Å². The third kappa shape index (κ3) is 2.06. The number of phenols is 1. The lowest BCUT2D eigenvalue weighted by Crippen LogP contribution is -1.99. The minimum Gasteiger partial charge on any atom is -0.507 e. The first-order valence-corrected chi connectivity index (χ1v) is 5.38. The number of benzene rings is 1. The summed E-state index contributed by atoms with van der Waals surface area (Å²) in [6.07, 6.45) is -0.0982. The number of halogens is 1. The van der Waals surface area contributed by atoms with Crippen molar-refractivity contribution in [2.24, 2.45) is 0 Å². The van der Waals surface area contributed by atoms with E-state index >= 15 is 0 Å². The average Bonchev–Trinajstić information content (AvgIpc) is 2.44. The summed E-state index contributed by atoms with van der Waals surface area (Å²) < 4.78 is 1.38. The van der Waals surface area contributed by atoms with E-state index in [1.807, 2.05) is 0 Å². The minimum atomic E-state index is -0.920. The van der Waals surface area contributed by atoms with E-state index in [0.717, 1.165) is 4.70 Å². The Kier molecular flexibility index (Phi) is 2.54. The average molecular weight is 243 g/mol. The quantitative estimate of drug-likeness (QED) is 0.851. The highest BCUT2D eigenvalue weighted by Gasteiger charge is 2.08. The van der Waals surface area contributed by atoms with E-state index in [0.29, 0.717) is 15.3 Å². The molecular formula is C10H7ClO3S. The SMILES string of the molecule is O=C(O)Cc1cc(O)c2cc(Cl)sc2c1. The number of phenolic OH excluding ortho intramolecular Hbond substituents is 1. The van der Waals surface area contributed by atoms with E-state index in [9.17, 15) is 9.90 Å². The monoisotopic (exact) mass is 242 g/mol. The number of fused-ring (bicyclic) bond motifs is 1. The lowest BCUT2D eigenvalue weighted by Gasteiger charge is -1.99. The van der Waals surface area contributed by atoms with Crippen molar-refractivity contribution in [2.75, 3.05) is 0 Å². The van der Waals surface area contributed by atoms with E-state index in [2.05, 4.69) is 0 Å². The van der Waals surface area contributed by atoms with Crippen LogP contribution in [0.3, 0.4) is 0 Å². The molecule has 0 atom stereocenters.